The molecule has 1 unspecified atom stereocenters. The summed E-state index contributed by atoms with van der Waals surface area (Å²) in [5, 5.41) is 1.82. The first-order valence-corrected chi connectivity index (χ1v) is 9.01. The predicted octanol–water partition coefficient (Wildman–Crippen LogP) is 5.43. The van der Waals surface area contributed by atoms with Crippen molar-refractivity contribution in [2.24, 2.45) is 5.84 Å². The van der Waals surface area contributed by atoms with Gasteiger partial charge in [-0.25, -0.2) is 0 Å². The van der Waals surface area contributed by atoms with Crippen molar-refractivity contribution in [1.29, 1.82) is 0 Å². The summed E-state index contributed by atoms with van der Waals surface area (Å²) < 4.78 is 10.3. The number of nitrogens with two attached hydrogens (primary N) is 1. The minimum atomic E-state index is -0.379. The van der Waals surface area contributed by atoms with Crippen molar-refractivity contribution in [3.63, 3.8) is 0 Å². The van der Waals surface area contributed by atoms with E-state index in [0.29, 0.717) is 11.5 Å². The Bertz CT molecular complexity index is 617. The molecule has 2 aromatic carbocycles. The number of hydrogen-bond donors (Lipinski definition) is 4. The van der Waals surface area contributed by atoms with Gasteiger partial charge in [0.05, 0.1) is 5.54 Å². The topological polar surface area (TPSA) is 56.5 Å². The number of fused-ring (bicyclic) bond motifs is 1. The SMILES string of the molecule is CC.CC.CCC(C)(NN)c1ccc(OS)c2cccc(OS)c12. The summed E-state index contributed by atoms with van der Waals surface area (Å²) >= 11 is 7.84. The Labute approximate surface area is 157 Å². The highest BCUT2D eigenvalue weighted by Crippen LogP contribution is 2.40. The van der Waals surface area contributed by atoms with E-state index in [-0.39, 0.29) is 5.54 Å². The number of rotatable bonds is 5. The smallest absolute Gasteiger partial charge is 0.145 e. The van der Waals surface area contributed by atoms with E-state index in [1.807, 2.05) is 65.0 Å². The Balaban J connectivity index is 0.00000123. The van der Waals surface area contributed by atoms with E-state index < -0.39 is 0 Å². The molecule has 6 heteroatoms. The van der Waals surface area contributed by atoms with E-state index in [1.165, 1.54) is 0 Å². The standard InChI is InChI=1S/C14H18N2O2S2.2C2H6/c1-3-14(2,16-15)10-7-8-11(17-19)9-5-4-6-12(18-20)13(9)10;2*1-2/h4-8,16,19-20H,3,15H2,1-2H3;2*1-2H3. The summed E-state index contributed by atoms with van der Waals surface area (Å²) in [5.74, 6) is 7.06. The van der Waals surface area contributed by atoms with E-state index in [0.717, 1.165) is 22.8 Å². The van der Waals surface area contributed by atoms with Gasteiger partial charge >= 0.3 is 0 Å². The van der Waals surface area contributed by atoms with Crippen LogP contribution in [0.3, 0.4) is 0 Å². The maximum atomic E-state index is 5.75. The van der Waals surface area contributed by atoms with Crippen molar-refractivity contribution in [1.82, 2.24) is 5.43 Å². The molecule has 0 aromatic heterocycles. The number of nitrogens with one attached hydrogen (secondary N) is 1. The number of hydrogen-bond acceptors (Lipinski definition) is 6. The van der Waals surface area contributed by atoms with Crippen molar-refractivity contribution >= 4 is 36.6 Å². The molecule has 3 N–H and O–H groups in total. The zero-order chi connectivity index (χ0) is 18.8. The second-order valence-electron chi connectivity index (χ2n) is 4.80. The van der Waals surface area contributed by atoms with Crippen LogP contribution in [0.4, 0.5) is 0 Å². The molecule has 0 bridgehead atoms. The van der Waals surface area contributed by atoms with Crippen LogP contribution in [0.25, 0.3) is 10.8 Å². The van der Waals surface area contributed by atoms with Crippen molar-refractivity contribution in [3.8, 4) is 11.5 Å². The molecule has 0 aliphatic heterocycles. The number of thiol groups is 2. The summed E-state index contributed by atoms with van der Waals surface area (Å²) in [6, 6.07) is 9.53. The predicted molar refractivity (Wildman–Crippen MR) is 111 cm³/mol. The van der Waals surface area contributed by atoms with Crippen LogP contribution < -0.4 is 19.6 Å². The Morgan fingerprint density at radius 3 is 2.04 bits per heavy atom. The van der Waals surface area contributed by atoms with Crippen molar-refractivity contribution in [2.45, 2.75) is 53.5 Å². The first-order chi connectivity index (χ1) is 11.6. The highest BCUT2D eigenvalue weighted by Gasteiger charge is 2.27. The molecule has 0 saturated heterocycles. The lowest BCUT2D eigenvalue weighted by molar-refractivity contribution is 0.364. The fourth-order valence-corrected chi connectivity index (χ4v) is 2.64. The second kappa shape index (κ2) is 11.5. The Hall–Kier alpha value is -1.08. The lowest BCUT2D eigenvalue weighted by Gasteiger charge is -2.30. The van der Waals surface area contributed by atoms with Gasteiger partial charge in [-0.1, -0.05) is 52.8 Å². The third-order valence-corrected chi connectivity index (χ3v) is 4.17. The second-order valence-corrected chi connectivity index (χ2v) is 5.17. The van der Waals surface area contributed by atoms with Crippen molar-refractivity contribution < 1.29 is 8.37 Å². The molecule has 0 fully saturated rings. The van der Waals surface area contributed by atoms with Crippen molar-refractivity contribution in [3.05, 3.63) is 35.9 Å². The van der Waals surface area contributed by atoms with Crippen LogP contribution in [0.2, 0.25) is 0 Å². The number of benzene rings is 2. The van der Waals surface area contributed by atoms with Crippen LogP contribution in [0, 0.1) is 0 Å². The molecule has 1 atom stereocenters. The average Bonchev–Trinajstić information content (AvgIpc) is 2.69. The van der Waals surface area contributed by atoms with E-state index >= 15 is 0 Å². The quantitative estimate of drug-likeness (QED) is 0.245. The van der Waals surface area contributed by atoms with Gasteiger partial charge in [0.2, 0.25) is 0 Å². The monoisotopic (exact) mass is 370 g/mol. The van der Waals surface area contributed by atoms with E-state index in [2.05, 4.69) is 38.2 Å². The number of hydrazine groups is 1. The Morgan fingerprint density at radius 2 is 1.58 bits per heavy atom. The van der Waals surface area contributed by atoms with Gasteiger partial charge in [-0.15, -0.1) is 0 Å². The lowest BCUT2D eigenvalue weighted by atomic mass is 9.86. The van der Waals surface area contributed by atoms with Gasteiger partial charge in [0, 0.05) is 36.6 Å². The molecule has 0 aliphatic carbocycles. The van der Waals surface area contributed by atoms with Crippen LogP contribution in [0.5, 0.6) is 11.5 Å². The molecular weight excluding hydrogens is 340 g/mol. The molecule has 2 rings (SSSR count). The van der Waals surface area contributed by atoms with Crippen LogP contribution >= 0.6 is 25.8 Å². The average molecular weight is 371 g/mol. The zero-order valence-electron chi connectivity index (χ0n) is 15.4. The molecule has 2 aromatic rings. The van der Waals surface area contributed by atoms with Gasteiger partial charge in [-0.05, 0) is 31.0 Å². The van der Waals surface area contributed by atoms with Gasteiger partial charge < -0.3 is 8.37 Å². The summed E-state index contributed by atoms with van der Waals surface area (Å²) in [4.78, 5) is 0. The molecule has 0 radical (unpaired) electrons. The van der Waals surface area contributed by atoms with Gasteiger partial charge in [0.1, 0.15) is 11.5 Å². The molecule has 4 nitrogen and oxygen atoms in total. The molecule has 0 spiro atoms. The Kier molecular flexibility index (Phi) is 11.0. The normalized spacial score (nSPS) is 12.2. The Morgan fingerprint density at radius 1 is 1.00 bits per heavy atom. The summed E-state index contributed by atoms with van der Waals surface area (Å²) in [6.45, 7) is 12.1. The van der Waals surface area contributed by atoms with E-state index in [4.69, 9.17) is 14.2 Å². The summed E-state index contributed by atoms with van der Waals surface area (Å²) in [7, 11) is 0. The molecule has 0 amide bonds. The molecule has 24 heavy (non-hydrogen) atoms. The van der Waals surface area contributed by atoms with Crippen LogP contribution in [0.1, 0.15) is 53.5 Å². The van der Waals surface area contributed by atoms with Crippen LogP contribution in [-0.4, -0.2) is 0 Å². The fourth-order valence-electron chi connectivity index (χ4n) is 2.33. The first-order valence-electron chi connectivity index (χ1n) is 8.28. The third kappa shape index (κ3) is 4.72. The van der Waals surface area contributed by atoms with Gasteiger partial charge in [-0.2, -0.15) is 0 Å². The zero-order valence-corrected chi connectivity index (χ0v) is 17.2. The maximum absolute atomic E-state index is 5.75. The highest BCUT2D eigenvalue weighted by molar-refractivity contribution is 7.75. The van der Waals surface area contributed by atoms with E-state index in [9.17, 15) is 0 Å². The first kappa shape index (κ1) is 22.9. The third-order valence-electron chi connectivity index (χ3n) is 3.78. The van der Waals surface area contributed by atoms with Crippen LogP contribution in [-0.2, 0) is 5.54 Å². The van der Waals surface area contributed by atoms with Gasteiger partial charge in [-0.3, -0.25) is 11.3 Å². The van der Waals surface area contributed by atoms with Crippen LogP contribution in [0.15, 0.2) is 30.3 Å². The fraction of sp³-hybridized carbons (Fsp3) is 0.444. The highest BCUT2D eigenvalue weighted by atomic mass is 32.1. The van der Waals surface area contributed by atoms with E-state index in [1.54, 1.807) is 0 Å². The molecule has 136 valence electrons. The lowest BCUT2D eigenvalue weighted by Crippen LogP contribution is -2.43. The minimum absolute atomic E-state index is 0.379. The molecule has 0 saturated carbocycles. The largest absolute Gasteiger partial charge is 0.428 e. The van der Waals surface area contributed by atoms with Crippen molar-refractivity contribution in [2.75, 3.05) is 0 Å². The minimum Gasteiger partial charge on any atom is -0.428 e. The van der Waals surface area contributed by atoms with Gasteiger partial charge in [0.25, 0.3) is 0 Å². The summed E-state index contributed by atoms with van der Waals surface area (Å²) in [5.41, 5.74) is 3.53. The molecule has 0 aliphatic rings. The summed E-state index contributed by atoms with van der Waals surface area (Å²) in [6.07, 6.45) is 0.820. The molecule has 0 heterocycles. The maximum Gasteiger partial charge on any atom is 0.145 e. The molecular formula is C18H30N2O2S2. The van der Waals surface area contributed by atoms with Gasteiger partial charge in [0.15, 0.2) is 0 Å².